The Kier molecular flexibility index (Phi) is 9.03. The van der Waals surface area contributed by atoms with Crippen molar-refractivity contribution in [1.29, 1.82) is 0 Å². The topological polar surface area (TPSA) is 90.6 Å². The van der Waals surface area contributed by atoms with Gasteiger partial charge in [-0.05, 0) is 76.4 Å². The van der Waals surface area contributed by atoms with Crippen molar-refractivity contribution in [2.24, 2.45) is 5.14 Å². The molecule has 0 bridgehead atoms. The number of halogens is 3. The lowest BCUT2D eigenvalue weighted by Crippen LogP contribution is -2.17. The summed E-state index contributed by atoms with van der Waals surface area (Å²) < 4.78 is 34.9. The Balaban J connectivity index is 1.59. The van der Waals surface area contributed by atoms with Crippen LogP contribution in [0.2, 0.25) is 10.0 Å². The van der Waals surface area contributed by atoms with Gasteiger partial charge in [0.25, 0.3) is 0 Å². The Morgan fingerprint density at radius 1 is 1.03 bits per heavy atom. The Morgan fingerprint density at radius 3 is 2.30 bits per heavy atom. The lowest BCUT2D eigenvalue weighted by Gasteiger charge is -2.16. The molecule has 3 aromatic carbocycles. The summed E-state index contributed by atoms with van der Waals surface area (Å²) in [5, 5.41) is 9.58. The van der Waals surface area contributed by atoms with Crippen LogP contribution in [-0.2, 0) is 29.6 Å². The van der Waals surface area contributed by atoms with Crippen molar-refractivity contribution < 1.29 is 17.9 Å². The summed E-state index contributed by atoms with van der Waals surface area (Å²) in [6.07, 6.45) is 0.739. The highest BCUT2D eigenvalue weighted by Crippen LogP contribution is 2.38. The van der Waals surface area contributed by atoms with E-state index in [0.29, 0.717) is 40.2 Å². The first-order valence-corrected chi connectivity index (χ1v) is 13.0. The fourth-order valence-corrected chi connectivity index (χ4v) is 4.77. The second-order valence-corrected chi connectivity index (χ2v) is 10.4. The molecule has 0 heterocycles. The zero-order valence-corrected chi connectivity index (χ0v) is 21.7. The van der Waals surface area contributed by atoms with E-state index in [-0.39, 0.29) is 11.5 Å². The van der Waals surface area contributed by atoms with E-state index in [0.717, 1.165) is 22.0 Å². The first-order valence-electron chi connectivity index (χ1n) is 9.93. The molecule has 0 aliphatic rings. The van der Waals surface area contributed by atoms with Gasteiger partial charge in [0.2, 0.25) is 10.0 Å². The largest absolute Gasteiger partial charge is 0.493 e. The minimum atomic E-state index is -3.67. The zero-order chi connectivity index (χ0) is 24.0. The van der Waals surface area contributed by atoms with Crippen LogP contribution in [0.3, 0.4) is 0 Å². The highest BCUT2D eigenvalue weighted by Gasteiger charge is 2.14. The minimum Gasteiger partial charge on any atom is -0.493 e. The molecule has 3 aromatic rings. The summed E-state index contributed by atoms with van der Waals surface area (Å²) in [5.74, 6) is 1.15. The van der Waals surface area contributed by atoms with Crippen molar-refractivity contribution in [3.8, 4) is 11.5 Å². The van der Waals surface area contributed by atoms with Gasteiger partial charge in [-0.25, -0.2) is 13.6 Å². The molecule has 0 fully saturated rings. The molecule has 3 N–H and O–H groups in total. The molecule has 0 spiro atoms. The summed E-state index contributed by atoms with van der Waals surface area (Å²) in [5.41, 5.74) is 2.72. The van der Waals surface area contributed by atoms with E-state index < -0.39 is 10.0 Å². The smallest absolute Gasteiger partial charge is 0.238 e. The van der Waals surface area contributed by atoms with Crippen molar-refractivity contribution in [2.45, 2.75) is 24.5 Å². The van der Waals surface area contributed by atoms with Gasteiger partial charge in [0.05, 0.1) is 16.5 Å². The van der Waals surface area contributed by atoms with Gasteiger partial charge in [-0.1, -0.05) is 41.4 Å². The van der Waals surface area contributed by atoms with Crippen LogP contribution in [0.25, 0.3) is 0 Å². The van der Waals surface area contributed by atoms with E-state index in [1.165, 1.54) is 12.1 Å². The number of sulfonamides is 1. The van der Waals surface area contributed by atoms with Crippen LogP contribution < -0.4 is 19.9 Å². The number of rotatable bonds is 10. The van der Waals surface area contributed by atoms with Gasteiger partial charge in [0.15, 0.2) is 11.5 Å². The number of methoxy groups -OCH3 is 1. The van der Waals surface area contributed by atoms with Crippen molar-refractivity contribution in [2.75, 3.05) is 13.7 Å². The van der Waals surface area contributed by atoms with Gasteiger partial charge in [0, 0.05) is 22.2 Å². The van der Waals surface area contributed by atoms with Crippen LogP contribution in [0.15, 0.2) is 64.0 Å². The number of nitrogens with two attached hydrogens (primary N) is 1. The summed E-state index contributed by atoms with van der Waals surface area (Å²) in [4.78, 5) is 0.107. The van der Waals surface area contributed by atoms with Gasteiger partial charge >= 0.3 is 0 Å². The molecule has 10 heteroatoms. The molecule has 0 saturated carbocycles. The van der Waals surface area contributed by atoms with Crippen LogP contribution in [0.1, 0.15) is 16.7 Å². The zero-order valence-electron chi connectivity index (χ0n) is 17.8. The van der Waals surface area contributed by atoms with Crippen LogP contribution in [-0.4, -0.2) is 22.1 Å². The third kappa shape index (κ3) is 7.09. The standard InChI is InChI=1S/C23H23BrCl2N2O4S/c1-31-22-12-16(13-28-10-9-15-5-7-17(8-6-15)33(27,29)30)11-19(24)23(22)32-14-18-20(25)3-2-4-21(18)26/h2-8,11-12,28H,9-10,13-14H2,1H3,(H2,27,29,30). The molecule has 176 valence electrons. The third-order valence-electron chi connectivity index (χ3n) is 4.88. The predicted octanol–water partition coefficient (Wildman–Crippen LogP) is 5.32. The summed E-state index contributed by atoms with van der Waals surface area (Å²) in [6, 6.07) is 15.7. The van der Waals surface area contributed by atoms with Crippen LogP contribution in [0.5, 0.6) is 11.5 Å². The van der Waals surface area contributed by atoms with Gasteiger partial charge in [-0.15, -0.1) is 0 Å². The maximum absolute atomic E-state index is 11.3. The van der Waals surface area contributed by atoms with Gasteiger partial charge in [-0.3, -0.25) is 0 Å². The number of benzene rings is 3. The Labute approximate surface area is 212 Å². The second-order valence-electron chi connectivity index (χ2n) is 7.21. The van der Waals surface area contributed by atoms with Crippen molar-refractivity contribution in [3.63, 3.8) is 0 Å². The SMILES string of the molecule is COc1cc(CNCCc2ccc(S(N)(=O)=O)cc2)cc(Br)c1OCc1c(Cl)cccc1Cl. The normalized spacial score (nSPS) is 11.4. The van der Waals surface area contributed by atoms with Crippen LogP contribution >= 0.6 is 39.1 Å². The van der Waals surface area contributed by atoms with Crippen molar-refractivity contribution in [1.82, 2.24) is 5.32 Å². The van der Waals surface area contributed by atoms with E-state index in [4.69, 9.17) is 37.8 Å². The molecule has 0 aromatic heterocycles. The maximum atomic E-state index is 11.3. The number of primary sulfonamides is 1. The average molecular weight is 574 g/mol. The molecule has 0 radical (unpaired) electrons. The Morgan fingerprint density at radius 2 is 1.70 bits per heavy atom. The van der Waals surface area contributed by atoms with Gasteiger partial charge < -0.3 is 14.8 Å². The number of nitrogens with one attached hydrogen (secondary N) is 1. The molecule has 0 atom stereocenters. The molecule has 33 heavy (non-hydrogen) atoms. The molecule has 3 rings (SSSR count). The summed E-state index contributed by atoms with van der Waals surface area (Å²) in [6.45, 7) is 1.52. The van der Waals surface area contributed by atoms with E-state index >= 15 is 0 Å². The summed E-state index contributed by atoms with van der Waals surface area (Å²) >= 11 is 16.0. The molecular weight excluding hydrogens is 551 g/mol. The number of hydrogen-bond acceptors (Lipinski definition) is 5. The van der Waals surface area contributed by atoms with Gasteiger partial charge in [-0.2, -0.15) is 0 Å². The molecular formula is C23H23BrCl2N2O4S. The number of hydrogen-bond donors (Lipinski definition) is 2. The fraction of sp³-hybridized carbons (Fsp3) is 0.217. The predicted molar refractivity (Wildman–Crippen MR) is 135 cm³/mol. The highest BCUT2D eigenvalue weighted by atomic mass is 79.9. The third-order valence-corrected chi connectivity index (χ3v) is 7.11. The van der Waals surface area contributed by atoms with E-state index in [1.54, 1.807) is 37.4 Å². The maximum Gasteiger partial charge on any atom is 0.238 e. The van der Waals surface area contributed by atoms with Crippen LogP contribution in [0, 0.1) is 0 Å². The lowest BCUT2D eigenvalue weighted by atomic mass is 10.1. The quantitative estimate of drug-likeness (QED) is 0.320. The van der Waals surface area contributed by atoms with E-state index in [9.17, 15) is 8.42 Å². The average Bonchev–Trinajstić information content (AvgIpc) is 2.77. The molecule has 0 aliphatic heterocycles. The monoisotopic (exact) mass is 572 g/mol. The fourth-order valence-electron chi connectivity index (χ4n) is 3.14. The molecule has 0 aliphatic carbocycles. The number of ether oxygens (including phenoxy) is 2. The molecule has 0 unspecified atom stereocenters. The van der Waals surface area contributed by atoms with E-state index in [1.807, 2.05) is 12.1 Å². The highest BCUT2D eigenvalue weighted by molar-refractivity contribution is 9.10. The van der Waals surface area contributed by atoms with E-state index in [2.05, 4.69) is 21.2 Å². The molecule has 6 nitrogen and oxygen atoms in total. The first-order chi connectivity index (χ1) is 15.7. The Hall–Kier alpha value is -1.81. The van der Waals surface area contributed by atoms with Crippen LogP contribution in [0.4, 0.5) is 0 Å². The summed E-state index contributed by atoms with van der Waals surface area (Å²) in [7, 11) is -2.09. The Bertz CT molecular complexity index is 1200. The molecule has 0 amide bonds. The second kappa shape index (κ2) is 11.6. The minimum absolute atomic E-state index is 0.107. The van der Waals surface area contributed by atoms with Gasteiger partial charge in [0.1, 0.15) is 6.61 Å². The van der Waals surface area contributed by atoms with Crippen molar-refractivity contribution >= 4 is 49.2 Å². The first kappa shape index (κ1) is 25.8. The molecule has 0 saturated heterocycles. The lowest BCUT2D eigenvalue weighted by molar-refractivity contribution is 0.282. The van der Waals surface area contributed by atoms with Crippen molar-refractivity contribution in [3.05, 3.63) is 85.8 Å².